The minimum Gasteiger partial charge on any atom is -0.339 e. The summed E-state index contributed by atoms with van der Waals surface area (Å²) in [4.78, 5) is 25.8. The van der Waals surface area contributed by atoms with Crippen molar-refractivity contribution < 1.29 is 9.59 Å². The maximum Gasteiger partial charge on any atom is 0.274 e. The number of aromatic nitrogens is 2. The second-order valence-corrected chi connectivity index (χ2v) is 6.27. The SMILES string of the molecule is CC(=O)c1cccc(Nc2ccc(C(=O)N3CCCCCC3)nn2)c1. The van der Waals surface area contributed by atoms with Gasteiger partial charge in [0.25, 0.3) is 5.91 Å². The van der Waals surface area contributed by atoms with Gasteiger partial charge in [0.15, 0.2) is 17.3 Å². The Hall–Kier alpha value is -2.76. The number of nitrogens with zero attached hydrogens (tertiary/aromatic N) is 3. The normalized spacial score (nSPS) is 14.7. The van der Waals surface area contributed by atoms with E-state index in [1.807, 2.05) is 17.0 Å². The number of likely N-dealkylation sites (tertiary alicyclic amines) is 1. The van der Waals surface area contributed by atoms with Gasteiger partial charge in [-0.1, -0.05) is 25.0 Å². The molecular weight excluding hydrogens is 316 g/mol. The molecule has 130 valence electrons. The molecule has 1 aliphatic heterocycles. The molecule has 6 heteroatoms. The Labute approximate surface area is 147 Å². The first-order chi connectivity index (χ1) is 12.1. The van der Waals surface area contributed by atoms with E-state index in [1.54, 1.807) is 24.3 Å². The molecule has 0 unspecified atom stereocenters. The third-order valence-electron chi connectivity index (χ3n) is 4.32. The maximum absolute atomic E-state index is 12.5. The van der Waals surface area contributed by atoms with Crippen LogP contribution < -0.4 is 5.32 Å². The van der Waals surface area contributed by atoms with Gasteiger partial charge in [0.2, 0.25) is 0 Å². The molecule has 0 aliphatic carbocycles. The van der Waals surface area contributed by atoms with E-state index in [-0.39, 0.29) is 11.7 Å². The number of ketones is 1. The quantitative estimate of drug-likeness (QED) is 0.864. The third-order valence-corrected chi connectivity index (χ3v) is 4.32. The van der Waals surface area contributed by atoms with E-state index in [1.165, 1.54) is 19.8 Å². The number of carbonyl (C=O) groups is 2. The van der Waals surface area contributed by atoms with Gasteiger partial charge in [-0.2, -0.15) is 0 Å². The van der Waals surface area contributed by atoms with Gasteiger partial charge in [0.1, 0.15) is 0 Å². The van der Waals surface area contributed by atoms with Gasteiger partial charge in [-0.15, -0.1) is 10.2 Å². The second-order valence-electron chi connectivity index (χ2n) is 6.27. The largest absolute Gasteiger partial charge is 0.339 e. The highest BCUT2D eigenvalue weighted by molar-refractivity contribution is 5.95. The van der Waals surface area contributed by atoms with Gasteiger partial charge >= 0.3 is 0 Å². The lowest BCUT2D eigenvalue weighted by Crippen LogP contribution is -2.32. The van der Waals surface area contributed by atoms with Crippen LogP contribution in [0.25, 0.3) is 0 Å². The molecule has 1 amide bonds. The average Bonchev–Trinajstić information content (AvgIpc) is 2.91. The van der Waals surface area contributed by atoms with Crippen molar-refractivity contribution in [1.82, 2.24) is 15.1 Å². The van der Waals surface area contributed by atoms with Crippen LogP contribution in [0.2, 0.25) is 0 Å². The number of amides is 1. The first-order valence-electron chi connectivity index (χ1n) is 8.64. The molecule has 0 atom stereocenters. The van der Waals surface area contributed by atoms with Crippen molar-refractivity contribution in [2.45, 2.75) is 32.6 Å². The number of anilines is 2. The van der Waals surface area contributed by atoms with Gasteiger partial charge in [-0.3, -0.25) is 9.59 Å². The Bertz CT molecular complexity index is 750. The van der Waals surface area contributed by atoms with E-state index in [2.05, 4.69) is 15.5 Å². The lowest BCUT2D eigenvalue weighted by Gasteiger charge is -2.19. The van der Waals surface area contributed by atoms with Crippen molar-refractivity contribution in [3.8, 4) is 0 Å². The number of hydrogen-bond acceptors (Lipinski definition) is 5. The second kappa shape index (κ2) is 7.88. The summed E-state index contributed by atoms with van der Waals surface area (Å²) >= 11 is 0. The summed E-state index contributed by atoms with van der Waals surface area (Å²) < 4.78 is 0. The Morgan fingerprint density at radius 1 is 1.00 bits per heavy atom. The van der Waals surface area contributed by atoms with Gasteiger partial charge in [-0.25, -0.2) is 0 Å². The molecule has 1 aliphatic rings. The van der Waals surface area contributed by atoms with Crippen LogP contribution in [0.3, 0.4) is 0 Å². The minimum atomic E-state index is -0.0560. The molecule has 3 rings (SSSR count). The summed E-state index contributed by atoms with van der Waals surface area (Å²) in [6, 6.07) is 10.6. The van der Waals surface area contributed by atoms with Gasteiger partial charge in [0.05, 0.1) is 0 Å². The van der Waals surface area contributed by atoms with Crippen LogP contribution in [0.5, 0.6) is 0 Å². The zero-order valence-corrected chi connectivity index (χ0v) is 14.4. The Morgan fingerprint density at radius 3 is 2.40 bits per heavy atom. The number of rotatable bonds is 4. The summed E-state index contributed by atoms with van der Waals surface area (Å²) in [7, 11) is 0. The van der Waals surface area contributed by atoms with Crippen molar-refractivity contribution in [3.05, 3.63) is 47.7 Å². The van der Waals surface area contributed by atoms with Crippen LogP contribution in [0.1, 0.15) is 53.5 Å². The lowest BCUT2D eigenvalue weighted by atomic mass is 10.1. The zero-order valence-electron chi connectivity index (χ0n) is 14.4. The van der Waals surface area contributed by atoms with Crippen LogP contribution in [0.15, 0.2) is 36.4 Å². The fourth-order valence-electron chi connectivity index (χ4n) is 2.91. The number of hydrogen-bond donors (Lipinski definition) is 1. The smallest absolute Gasteiger partial charge is 0.274 e. The standard InChI is InChI=1S/C19H22N4O2/c1-14(24)15-7-6-8-16(13-15)20-18-10-9-17(21-22-18)19(25)23-11-4-2-3-5-12-23/h6-10,13H,2-5,11-12H2,1H3,(H,20,22). The molecule has 2 aromatic rings. The maximum atomic E-state index is 12.5. The predicted octanol–water partition coefficient (Wildman–Crippen LogP) is 3.44. The molecule has 1 saturated heterocycles. The van der Waals surface area contributed by atoms with Crippen molar-refractivity contribution >= 4 is 23.2 Å². The molecule has 1 N–H and O–H groups in total. The third kappa shape index (κ3) is 4.41. The molecule has 1 aromatic carbocycles. The summed E-state index contributed by atoms with van der Waals surface area (Å²) in [6.45, 7) is 3.11. The van der Waals surface area contributed by atoms with E-state index in [4.69, 9.17) is 0 Å². The van der Waals surface area contributed by atoms with Crippen LogP contribution in [0.4, 0.5) is 11.5 Å². The Morgan fingerprint density at radius 2 is 1.76 bits per heavy atom. The van der Waals surface area contributed by atoms with Gasteiger partial charge in [0, 0.05) is 24.3 Å². The fourth-order valence-corrected chi connectivity index (χ4v) is 2.91. The molecule has 0 spiro atoms. The van der Waals surface area contributed by atoms with Crippen LogP contribution in [0, 0.1) is 0 Å². The predicted molar refractivity (Wildman–Crippen MR) is 96.1 cm³/mol. The number of Topliss-reactive ketones (excluding diaryl/α,β-unsaturated/α-hetero) is 1. The van der Waals surface area contributed by atoms with Gasteiger partial charge in [-0.05, 0) is 44.0 Å². The van der Waals surface area contributed by atoms with E-state index in [0.717, 1.165) is 31.6 Å². The summed E-state index contributed by atoms with van der Waals surface area (Å²) in [5, 5.41) is 11.3. The highest BCUT2D eigenvalue weighted by Gasteiger charge is 2.18. The minimum absolute atomic E-state index is 0.00753. The average molecular weight is 338 g/mol. The lowest BCUT2D eigenvalue weighted by molar-refractivity contribution is 0.0754. The van der Waals surface area contributed by atoms with Crippen LogP contribution in [-0.4, -0.2) is 39.9 Å². The van der Waals surface area contributed by atoms with Crippen LogP contribution >= 0.6 is 0 Å². The van der Waals surface area contributed by atoms with Gasteiger partial charge < -0.3 is 10.2 Å². The van der Waals surface area contributed by atoms with Crippen molar-refractivity contribution in [2.75, 3.05) is 18.4 Å². The van der Waals surface area contributed by atoms with Crippen molar-refractivity contribution in [2.24, 2.45) is 0 Å². The van der Waals surface area contributed by atoms with Crippen molar-refractivity contribution in [3.63, 3.8) is 0 Å². The topological polar surface area (TPSA) is 75.2 Å². The summed E-state index contributed by atoms with van der Waals surface area (Å²) in [6.07, 6.45) is 4.45. The highest BCUT2D eigenvalue weighted by Crippen LogP contribution is 2.17. The molecule has 25 heavy (non-hydrogen) atoms. The highest BCUT2D eigenvalue weighted by atomic mass is 16.2. The first kappa shape index (κ1) is 17.1. The van der Waals surface area contributed by atoms with E-state index < -0.39 is 0 Å². The van der Waals surface area contributed by atoms with Crippen LogP contribution in [-0.2, 0) is 0 Å². The molecule has 1 aromatic heterocycles. The summed E-state index contributed by atoms with van der Waals surface area (Å²) in [5.41, 5.74) is 1.75. The molecule has 0 saturated carbocycles. The van der Waals surface area contributed by atoms with Crippen molar-refractivity contribution in [1.29, 1.82) is 0 Å². The number of carbonyl (C=O) groups excluding carboxylic acids is 2. The van der Waals surface area contributed by atoms with E-state index in [9.17, 15) is 9.59 Å². The molecule has 0 bridgehead atoms. The van der Waals surface area contributed by atoms with E-state index >= 15 is 0 Å². The number of benzene rings is 1. The fraction of sp³-hybridized carbons (Fsp3) is 0.368. The monoisotopic (exact) mass is 338 g/mol. The Kier molecular flexibility index (Phi) is 5.38. The molecule has 2 heterocycles. The molecule has 1 fully saturated rings. The zero-order chi connectivity index (χ0) is 17.6. The summed E-state index contributed by atoms with van der Waals surface area (Å²) in [5.74, 6) is 0.487. The van der Waals surface area contributed by atoms with E-state index in [0.29, 0.717) is 17.1 Å². The first-order valence-corrected chi connectivity index (χ1v) is 8.64. The molecule has 0 radical (unpaired) electrons. The number of nitrogens with one attached hydrogen (secondary N) is 1. The molecular formula is C19H22N4O2. The molecule has 6 nitrogen and oxygen atoms in total. The Balaban J connectivity index is 1.68.